The number of nitrogens with one attached hydrogen (secondary N) is 1. The zero-order valence-electron chi connectivity index (χ0n) is 11.8. The molecule has 0 spiro atoms. The molecule has 1 fully saturated rings. The highest BCUT2D eigenvalue weighted by Gasteiger charge is 2.34. The van der Waals surface area contributed by atoms with E-state index in [1.807, 2.05) is 12.1 Å². The van der Waals surface area contributed by atoms with Gasteiger partial charge in [0, 0.05) is 11.6 Å². The normalized spacial score (nSPS) is 18.6. The van der Waals surface area contributed by atoms with Crippen LogP contribution in [0, 0.1) is 5.82 Å². The highest BCUT2D eigenvalue weighted by atomic mass is 19.4. The Morgan fingerprint density at radius 3 is 2.32 bits per heavy atom. The fourth-order valence-corrected chi connectivity index (χ4v) is 2.84. The van der Waals surface area contributed by atoms with Crippen molar-refractivity contribution >= 4 is 0 Å². The number of alkyl halides is 3. The summed E-state index contributed by atoms with van der Waals surface area (Å²) >= 11 is 0. The van der Waals surface area contributed by atoms with E-state index in [1.54, 1.807) is 12.1 Å². The largest absolute Gasteiger partial charge is 0.419 e. The second-order valence-electron chi connectivity index (χ2n) is 5.44. The second kappa shape index (κ2) is 5.72. The molecule has 0 aliphatic carbocycles. The van der Waals surface area contributed by atoms with Gasteiger partial charge in [-0.05, 0) is 36.6 Å². The van der Waals surface area contributed by atoms with Gasteiger partial charge >= 0.3 is 6.18 Å². The van der Waals surface area contributed by atoms with Crippen LogP contribution in [-0.4, -0.2) is 6.54 Å². The first kappa shape index (κ1) is 15.0. The molecule has 1 unspecified atom stereocenters. The first-order valence-corrected chi connectivity index (χ1v) is 7.16. The third-order valence-electron chi connectivity index (χ3n) is 3.99. The fourth-order valence-electron chi connectivity index (χ4n) is 2.84. The number of hydrogen-bond acceptors (Lipinski definition) is 1. The Kier molecular flexibility index (Phi) is 3.91. The summed E-state index contributed by atoms with van der Waals surface area (Å²) in [5.74, 6) is -1.22. The van der Waals surface area contributed by atoms with Gasteiger partial charge in [0.2, 0.25) is 0 Å². The fraction of sp³-hybridized carbons (Fsp3) is 0.294. The molecule has 0 aromatic heterocycles. The zero-order chi connectivity index (χ0) is 15.7. The van der Waals surface area contributed by atoms with Crippen molar-refractivity contribution in [3.8, 4) is 11.1 Å². The predicted molar refractivity (Wildman–Crippen MR) is 76.8 cm³/mol. The van der Waals surface area contributed by atoms with E-state index in [1.165, 1.54) is 12.1 Å². The van der Waals surface area contributed by atoms with E-state index in [0.717, 1.165) is 31.0 Å². The minimum Gasteiger partial charge on any atom is -0.310 e. The standard InChI is InChI=1S/C17H15F4N/c18-16-13(3-1-4-14(16)17(19,20)21)11-6-8-12(9-7-11)15-5-2-10-22-15/h1,3-4,6-9,15,22H,2,5,10H2. The molecule has 5 heteroatoms. The number of hydrogen-bond donors (Lipinski definition) is 1. The van der Waals surface area contributed by atoms with Crippen molar-refractivity contribution in [2.45, 2.75) is 25.1 Å². The molecule has 1 nitrogen and oxygen atoms in total. The van der Waals surface area contributed by atoms with Crippen LogP contribution in [0.1, 0.15) is 30.0 Å². The van der Waals surface area contributed by atoms with Crippen molar-refractivity contribution in [1.29, 1.82) is 0 Å². The van der Waals surface area contributed by atoms with Crippen molar-refractivity contribution < 1.29 is 17.6 Å². The smallest absolute Gasteiger partial charge is 0.310 e. The Hall–Kier alpha value is -1.88. The molecule has 2 aromatic rings. The lowest BCUT2D eigenvalue weighted by Crippen LogP contribution is -2.12. The van der Waals surface area contributed by atoms with Crippen LogP contribution >= 0.6 is 0 Å². The first-order chi connectivity index (χ1) is 10.5. The van der Waals surface area contributed by atoms with Gasteiger partial charge in [0.15, 0.2) is 0 Å². The summed E-state index contributed by atoms with van der Waals surface area (Å²) in [5, 5.41) is 3.35. The molecule has 0 radical (unpaired) electrons. The maximum absolute atomic E-state index is 14.1. The molecular formula is C17H15F4N. The summed E-state index contributed by atoms with van der Waals surface area (Å²) < 4.78 is 52.4. The van der Waals surface area contributed by atoms with Crippen LogP contribution in [0.3, 0.4) is 0 Å². The van der Waals surface area contributed by atoms with Crippen LogP contribution < -0.4 is 5.32 Å². The molecule has 116 valence electrons. The predicted octanol–water partition coefficient (Wildman–Crippen LogP) is 4.94. The second-order valence-corrected chi connectivity index (χ2v) is 5.44. The molecule has 1 aliphatic rings. The summed E-state index contributed by atoms with van der Waals surface area (Å²) in [6, 6.07) is 10.7. The molecule has 0 bridgehead atoms. The number of rotatable bonds is 2. The van der Waals surface area contributed by atoms with E-state index in [0.29, 0.717) is 5.56 Å². The van der Waals surface area contributed by atoms with Crippen molar-refractivity contribution in [1.82, 2.24) is 5.32 Å². The van der Waals surface area contributed by atoms with Gasteiger partial charge in [0.1, 0.15) is 5.82 Å². The van der Waals surface area contributed by atoms with Gasteiger partial charge in [0.05, 0.1) is 5.56 Å². The third-order valence-corrected chi connectivity index (χ3v) is 3.99. The van der Waals surface area contributed by atoms with Crippen LogP contribution in [0.25, 0.3) is 11.1 Å². The Morgan fingerprint density at radius 2 is 1.73 bits per heavy atom. The Morgan fingerprint density at radius 1 is 1.00 bits per heavy atom. The van der Waals surface area contributed by atoms with Crippen molar-refractivity contribution in [3.05, 3.63) is 59.4 Å². The monoisotopic (exact) mass is 309 g/mol. The molecule has 22 heavy (non-hydrogen) atoms. The van der Waals surface area contributed by atoms with E-state index in [4.69, 9.17) is 0 Å². The Balaban J connectivity index is 1.94. The van der Waals surface area contributed by atoms with Gasteiger partial charge in [-0.15, -0.1) is 0 Å². The lowest BCUT2D eigenvalue weighted by molar-refractivity contribution is -0.139. The topological polar surface area (TPSA) is 12.0 Å². The van der Waals surface area contributed by atoms with E-state index in [-0.39, 0.29) is 11.6 Å². The summed E-state index contributed by atoms with van der Waals surface area (Å²) in [5.41, 5.74) is 0.270. The van der Waals surface area contributed by atoms with Gasteiger partial charge in [-0.2, -0.15) is 13.2 Å². The van der Waals surface area contributed by atoms with Crippen molar-refractivity contribution in [2.75, 3.05) is 6.54 Å². The maximum atomic E-state index is 14.1. The van der Waals surface area contributed by atoms with Crippen molar-refractivity contribution in [2.24, 2.45) is 0 Å². The SMILES string of the molecule is Fc1c(-c2ccc(C3CCCN3)cc2)cccc1C(F)(F)F. The van der Waals surface area contributed by atoms with E-state index in [2.05, 4.69) is 5.32 Å². The van der Waals surface area contributed by atoms with Gasteiger partial charge in [-0.25, -0.2) is 4.39 Å². The van der Waals surface area contributed by atoms with Crippen LogP contribution in [0.4, 0.5) is 17.6 Å². The molecule has 1 N–H and O–H groups in total. The molecule has 1 atom stereocenters. The van der Waals surface area contributed by atoms with Gasteiger partial charge < -0.3 is 5.32 Å². The van der Waals surface area contributed by atoms with Crippen LogP contribution in [0.2, 0.25) is 0 Å². The van der Waals surface area contributed by atoms with Crippen molar-refractivity contribution in [3.63, 3.8) is 0 Å². The highest BCUT2D eigenvalue weighted by molar-refractivity contribution is 5.65. The molecule has 1 saturated heterocycles. The summed E-state index contributed by atoms with van der Waals surface area (Å²) in [7, 11) is 0. The average molecular weight is 309 g/mol. The molecule has 0 saturated carbocycles. The number of benzene rings is 2. The molecule has 3 rings (SSSR count). The number of halogens is 4. The van der Waals surface area contributed by atoms with E-state index >= 15 is 0 Å². The maximum Gasteiger partial charge on any atom is 0.419 e. The summed E-state index contributed by atoms with van der Waals surface area (Å²) in [4.78, 5) is 0. The summed E-state index contributed by atoms with van der Waals surface area (Å²) in [6.45, 7) is 0.967. The van der Waals surface area contributed by atoms with Crippen LogP contribution in [0.5, 0.6) is 0 Å². The third kappa shape index (κ3) is 2.86. The average Bonchev–Trinajstić information content (AvgIpc) is 3.01. The highest BCUT2D eigenvalue weighted by Crippen LogP contribution is 2.36. The van der Waals surface area contributed by atoms with Crippen LogP contribution in [-0.2, 0) is 6.18 Å². The van der Waals surface area contributed by atoms with Gasteiger partial charge in [0.25, 0.3) is 0 Å². The lowest BCUT2D eigenvalue weighted by Gasteiger charge is -2.13. The lowest BCUT2D eigenvalue weighted by atomic mass is 9.98. The molecule has 1 heterocycles. The van der Waals surface area contributed by atoms with Gasteiger partial charge in [-0.3, -0.25) is 0 Å². The molecule has 2 aromatic carbocycles. The zero-order valence-corrected chi connectivity index (χ0v) is 11.8. The first-order valence-electron chi connectivity index (χ1n) is 7.16. The molecular weight excluding hydrogens is 294 g/mol. The van der Waals surface area contributed by atoms with E-state index in [9.17, 15) is 17.6 Å². The minimum absolute atomic E-state index is 0.0271. The van der Waals surface area contributed by atoms with Crippen LogP contribution in [0.15, 0.2) is 42.5 Å². The van der Waals surface area contributed by atoms with E-state index < -0.39 is 17.6 Å². The molecule has 1 aliphatic heterocycles. The quantitative estimate of drug-likeness (QED) is 0.775. The Bertz CT molecular complexity index is 655. The van der Waals surface area contributed by atoms with Gasteiger partial charge in [-0.1, -0.05) is 36.4 Å². The molecule has 0 amide bonds. The Labute approximate surface area is 126 Å². The summed E-state index contributed by atoms with van der Waals surface area (Å²) in [6.07, 6.45) is -2.54. The minimum atomic E-state index is -4.69.